The molecule has 0 aliphatic rings. The molecule has 3 heterocycles. The maximum absolute atomic E-state index is 6.82. The van der Waals surface area contributed by atoms with E-state index in [1.54, 1.807) is 0 Å². The lowest BCUT2D eigenvalue weighted by atomic mass is 9.85. The van der Waals surface area contributed by atoms with Crippen LogP contribution in [0.2, 0.25) is 0 Å². The highest BCUT2D eigenvalue weighted by molar-refractivity contribution is 7.25. The minimum atomic E-state index is 0.841. The molecule has 0 radical (unpaired) electrons. The first-order valence-electron chi connectivity index (χ1n) is 19.4. The fourth-order valence-corrected chi connectivity index (χ4v) is 10.7. The van der Waals surface area contributed by atoms with Crippen molar-refractivity contribution in [2.45, 2.75) is 0 Å². The maximum atomic E-state index is 6.82. The van der Waals surface area contributed by atoms with E-state index in [-0.39, 0.29) is 0 Å². The molecule has 13 aromatic rings. The van der Waals surface area contributed by atoms with E-state index < -0.39 is 0 Å². The van der Waals surface area contributed by atoms with Gasteiger partial charge in [-0.05, 0) is 108 Å². The standard InChI is InChI=1S/C54H30O2S/c1-2-13-36-34(11-1)43(30-47-52(36)42-26-27-46-53(54(42)56-47)41-18-7-9-19-45(41)55-46)31-21-23-32(24-22-31)50-37-14-3-5-16-39(37)51(40-17-6-4-15-38(40)50)33-25-28-49-44(29-33)35-12-8-10-20-48(35)57-49/h1-30H. The van der Waals surface area contributed by atoms with Gasteiger partial charge in [0, 0.05) is 36.3 Å². The zero-order valence-corrected chi connectivity index (χ0v) is 31.4. The van der Waals surface area contributed by atoms with Crippen molar-refractivity contribution in [1.82, 2.24) is 0 Å². The Labute approximate surface area is 330 Å². The lowest BCUT2D eigenvalue weighted by Crippen LogP contribution is -1.91. The molecule has 0 aliphatic heterocycles. The fourth-order valence-electron chi connectivity index (χ4n) is 9.59. The molecule has 0 fully saturated rings. The van der Waals surface area contributed by atoms with E-state index in [0.717, 1.165) is 55.0 Å². The molecule has 0 amide bonds. The number of hydrogen-bond donors (Lipinski definition) is 0. The summed E-state index contributed by atoms with van der Waals surface area (Å²) in [5.41, 5.74) is 10.7. The molecule has 57 heavy (non-hydrogen) atoms. The topological polar surface area (TPSA) is 26.3 Å². The number of furan rings is 2. The van der Waals surface area contributed by atoms with Crippen LogP contribution in [-0.2, 0) is 0 Å². The Balaban J connectivity index is 0.998. The summed E-state index contributed by atoms with van der Waals surface area (Å²) in [6.07, 6.45) is 0. The molecule has 264 valence electrons. The first-order chi connectivity index (χ1) is 28.3. The smallest absolute Gasteiger partial charge is 0.147 e. The summed E-state index contributed by atoms with van der Waals surface area (Å²) in [4.78, 5) is 0. The Morgan fingerprint density at radius 3 is 1.60 bits per heavy atom. The summed E-state index contributed by atoms with van der Waals surface area (Å²) in [7, 11) is 0. The Hall–Kier alpha value is -7.20. The maximum Gasteiger partial charge on any atom is 0.147 e. The lowest BCUT2D eigenvalue weighted by molar-refractivity contribution is 0.663. The van der Waals surface area contributed by atoms with E-state index in [2.05, 4.69) is 170 Å². The van der Waals surface area contributed by atoms with Crippen LogP contribution in [0, 0.1) is 0 Å². The van der Waals surface area contributed by atoms with E-state index in [1.165, 1.54) is 74.7 Å². The van der Waals surface area contributed by atoms with Gasteiger partial charge in [0.25, 0.3) is 0 Å². The molecule has 10 aromatic carbocycles. The molecule has 0 unspecified atom stereocenters. The molecule has 2 nitrogen and oxygen atoms in total. The third kappa shape index (κ3) is 4.40. The highest BCUT2D eigenvalue weighted by Gasteiger charge is 2.21. The Bertz CT molecular complexity index is 3750. The van der Waals surface area contributed by atoms with Crippen LogP contribution in [0.4, 0.5) is 0 Å². The van der Waals surface area contributed by atoms with E-state index >= 15 is 0 Å². The first kappa shape index (κ1) is 31.1. The lowest BCUT2D eigenvalue weighted by Gasteiger charge is -2.18. The highest BCUT2D eigenvalue weighted by Crippen LogP contribution is 2.47. The molecule has 0 saturated carbocycles. The van der Waals surface area contributed by atoms with Gasteiger partial charge in [-0.15, -0.1) is 11.3 Å². The molecular formula is C54H30O2S. The molecule has 0 atom stereocenters. The van der Waals surface area contributed by atoms with Gasteiger partial charge in [-0.2, -0.15) is 0 Å². The average molecular weight is 743 g/mol. The van der Waals surface area contributed by atoms with Crippen molar-refractivity contribution < 1.29 is 8.83 Å². The summed E-state index contributed by atoms with van der Waals surface area (Å²) in [6.45, 7) is 0. The largest absolute Gasteiger partial charge is 0.456 e. The Morgan fingerprint density at radius 1 is 0.298 bits per heavy atom. The van der Waals surface area contributed by atoms with Crippen molar-refractivity contribution in [2.24, 2.45) is 0 Å². The third-order valence-electron chi connectivity index (χ3n) is 12.1. The van der Waals surface area contributed by atoms with Crippen molar-refractivity contribution in [3.8, 4) is 33.4 Å². The quantitative estimate of drug-likeness (QED) is 0.169. The van der Waals surface area contributed by atoms with Crippen molar-refractivity contribution in [3.05, 3.63) is 182 Å². The number of para-hydroxylation sites is 1. The summed E-state index contributed by atoms with van der Waals surface area (Å²) < 4.78 is 15.7. The van der Waals surface area contributed by atoms with Gasteiger partial charge in [0.15, 0.2) is 0 Å². The monoisotopic (exact) mass is 742 g/mol. The van der Waals surface area contributed by atoms with Crippen LogP contribution in [-0.4, -0.2) is 0 Å². The predicted molar refractivity (Wildman–Crippen MR) is 243 cm³/mol. The minimum Gasteiger partial charge on any atom is -0.456 e. The first-order valence-corrected chi connectivity index (χ1v) is 20.2. The van der Waals surface area contributed by atoms with E-state index in [0.29, 0.717) is 0 Å². The van der Waals surface area contributed by atoms with Crippen LogP contribution in [0.5, 0.6) is 0 Å². The minimum absolute atomic E-state index is 0.841. The average Bonchev–Trinajstić information content (AvgIpc) is 3.96. The highest BCUT2D eigenvalue weighted by atomic mass is 32.1. The van der Waals surface area contributed by atoms with Gasteiger partial charge in [0.2, 0.25) is 0 Å². The van der Waals surface area contributed by atoms with Crippen molar-refractivity contribution in [3.63, 3.8) is 0 Å². The van der Waals surface area contributed by atoms with Gasteiger partial charge in [0.05, 0.1) is 5.39 Å². The molecule has 3 heteroatoms. The number of hydrogen-bond acceptors (Lipinski definition) is 3. The summed E-state index contributed by atoms with van der Waals surface area (Å²) in [6, 6.07) is 66.1. The SMILES string of the molecule is c1ccc2c(c1)oc1ccc3c(oc4cc(-c5ccc(-c6c7ccccc7c(-c7ccc8sc9ccccc9c8c7)c7ccccc67)cc5)c5ccccc5c43)c12. The van der Waals surface area contributed by atoms with Gasteiger partial charge in [-0.1, -0.05) is 140 Å². The second-order valence-corrected chi connectivity index (χ2v) is 16.2. The molecule has 0 bridgehead atoms. The summed E-state index contributed by atoms with van der Waals surface area (Å²) in [5, 5.41) is 14.4. The molecule has 0 aliphatic carbocycles. The van der Waals surface area contributed by atoms with Gasteiger partial charge < -0.3 is 8.83 Å². The summed E-state index contributed by atoms with van der Waals surface area (Å²) in [5.74, 6) is 0. The second kappa shape index (κ2) is 11.7. The molecule has 3 aromatic heterocycles. The Kier molecular flexibility index (Phi) is 6.35. The zero-order valence-electron chi connectivity index (χ0n) is 30.5. The zero-order chi connectivity index (χ0) is 37.2. The molecule has 0 saturated heterocycles. The number of thiophene rings is 1. The molecule has 13 rings (SSSR count). The molecule has 0 spiro atoms. The second-order valence-electron chi connectivity index (χ2n) is 15.1. The number of benzene rings is 10. The van der Waals surface area contributed by atoms with Gasteiger partial charge in [-0.3, -0.25) is 0 Å². The predicted octanol–water partition coefficient (Wildman–Crippen LogP) is 16.3. The molecular weight excluding hydrogens is 713 g/mol. The van der Waals surface area contributed by atoms with E-state index in [9.17, 15) is 0 Å². The van der Waals surface area contributed by atoms with Crippen LogP contribution in [0.25, 0.3) is 130 Å². The van der Waals surface area contributed by atoms with Gasteiger partial charge in [0.1, 0.15) is 22.3 Å². The summed E-state index contributed by atoms with van der Waals surface area (Å²) >= 11 is 1.87. The number of rotatable bonds is 3. The van der Waals surface area contributed by atoms with E-state index in [4.69, 9.17) is 8.83 Å². The van der Waals surface area contributed by atoms with Gasteiger partial charge in [-0.25, -0.2) is 0 Å². The van der Waals surface area contributed by atoms with Crippen LogP contribution >= 0.6 is 11.3 Å². The van der Waals surface area contributed by atoms with Crippen LogP contribution < -0.4 is 0 Å². The Morgan fingerprint density at radius 2 is 0.860 bits per heavy atom. The van der Waals surface area contributed by atoms with Crippen LogP contribution in [0.1, 0.15) is 0 Å². The van der Waals surface area contributed by atoms with Gasteiger partial charge >= 0.3 is 0 Å². The number of fused-ring (bicyclic) bond motifs is 14. The van der Waals surface area contributed by atoms with Crippen molar-refractivity contribution >= 4 is 108 Å². The van der Waals surface area contributed by atoms with Crippen molar-refractivity contribution in [2.75, 3.05) is 0 Å². The van der Waals surface area contributed by atoms with Crippen LogP contribution in [0.3, 0.4) is 0 Å². The van der Waals surface area contributed by atoms with Crippen LogP contribution in [0.15, 0.2) is 191 Å². The van der Waals surface area contributed by atoms with E-state index in [1.807, 2.05) is 23.5 Å². The third-order valence-corrected chi connectivity index (χ3v) is 13.2. The van der Waals surface area contributed by atoms with Crippen molar-refractivity contribution in [1.29, 1.82) is 0 Å². The normalized spacial score (nSPS) is 12.2. The fraction of sp³-hybridized carbons (Fsp3) is 0. The molecule has 0 N–H and O–H groups in total.